The second kappa shape index (κ2) is 6.02. The predicted octanol–water partition coefficient (Wildman–Crippen LogP) is 2.60. The zero-order valence-corrected chi connectivity index (χ0v) is 13.3. The van der Waals surface area contributed by atoms with Crippen molar-refractivity contribution in [1.82, 2.24) is 14.9 Å². The van der Waals surface area contributed by atoms with Crippen LogP contribution >= 0.6 is 0 Å². The third kappa shape index (κ3) is 2.66. The minimum absolute atomic E-state index is 0.280. The lowest BCUT2D eigenvalue weighted by atomic mass is 9.63. The van der Waals surface area contributed by atoms with E-state index in [-0.39, 0.29) is 11.8 Å². The van der Waals surface area contributed by atoms with Gasteiger partial charge in [-0.1, -0.05) is 18.6 Å². The molecule has 0 amide bonds. The highest BCUT2D eigenvalue weighted by Gasteiger charge is 2.51. The number of aromatic nitrogens is 2. The molecule has 2 aliphatic rings. The van der Waals surface area contributed by atoms with Crippen molar-refractivity contribution < 1.29 is 5.11 Å². The van der Waals surface area contributed by atoms with Crippen LogP contribution in [-0.4, -0.2) is 33.1 Å². The molecule has 0 aromatic carbocycles. The summed E-state index contributed by atoms with van der Waals surface area (Å²) in [5.74, 6) is 0.561. The molecule has 4 heteroatoms. The molecule has 0 radical (unpaired) electrons. The summed E-state index contributed by atoms with van der Waals surface area (Å²) >= 11 is 0. The number of aliphatic hydroxyl groups is 1. The molecule has 1 aliphatic carbocycles. The van der Waals surface area contributed by atoms with E-state index in [1.165, 1.54) is 6.42 Å². The zero-order chi connectivity index (χ0) is 15.7. The molecule has 2 bridgehead atoms. The summed E-state index contributed by atoms with van der Waals surface area (Å²) < 4.78 is 0. The molecule has 0 spiro atoms. The van der Waals surface area contributed by atoms with Gasteiger partial charge in [-0.05, 0) is 31.0 Å². The van der Waals surface area contributed by atoms with Crippen LogP contribution in [0, 0.1) is 11.8 Å². The molecular formula is C19H23N3O. The Balaban J connectivity index is 1.57. The van der Waals surface area contributed by atoms with Gasteiger partial charge in [0, 0.05) is 55.6 Å². The Morgan fingerprint density at radius 2 is 1.91 bits per heavy atom. The van der Waals surface area contributed by atoms with Crippen LogP contribution in [-0.2, 0) is 12.1 Å². The van der Waals surface area contributed by atoms with E-state index in [1.807, 2.05) is 36.7 Å². The Morgan fingerprint density at radius 1 is 1.09 bits per heavy atom. The number of hydrogen-bond acceptors (Lipinski definition) is 4. The van der Waals surface area contributed by atoms with Crippen molar-refractivity contribution in [3.8, 4) is 0 Å². The fourth-order valence-electron chi connectivity index (χ4n) is 4.46. The van der Waals surface area contributed by atoms with Gasteiger partial charge >= 0.3 is 0 Å². The van der Waals surface area contributed by atoms with E-state index in [0.29, 0.717) is 0 Å². The van der Waals surface area contributed by atoms with Crippen LogP contribution in [0.25, 0.3) is 0 Å². The first-order valence-electron chi connectivity index (χ1n) is 8.52. The number of rotatable bonds is 3. The van der Waals surface area contributed by atoms with Crippen LogP contribution in [0.1, 0.15) is 30.5 Å². The summed E-state index contributed by atoms with van der Waals surface area (Å²) in [7, 11) is 0. The quantitative estimate of drug-likeness (QED) is 0.947. The average molecular weight is 309 g/mol. The first-order chi connectivity index (χ1) is 11.3. The standard InChI is InChI=1S/C19H23N3O/c23-19(15-7-4-9-20-11-15)16-5-3-6-17(19)13-22(12-16)14-18-8-1-2-10-21-18/h1-2,4,7-11,16-17,23H,3,5-6,12-14H2/t16-,17-/m0/s1. The van der Waals surface area contributed by atoms with E-state index in [4.69, 9.17) is 0 Å². The van der Waals surface area contributed by atoms with Gasteiger partial charge in [-0.3, -0.25) is 14.9 Å². The fraction of sp³-hybridized carbons (Fsp3) is 0.474. The van der Waals surface area contributed by atoms with Crippen molar-refractivity contribution in [3.63, 3.8) is 0 Å². The highest BCUT2D eigenvalue weighted by Crippen LogP contribution is 2.49. The smallest absolute Gasteiger partial charge is 0.0991 e. The highest BCUT2D eigenvalue weighted by molar-refractivity contribution is 5.23. The van der Waals surface area contributed by atoms with E-state index < -0.39 is 5.60 Å². The first kappa shape index (κ1) is 14.8. The summed E-state index contributed by atoms with van der Waals surface area (Å²) in [6.45, 7) is 2.73. The summed E-state index contributed by atoms with van der Waals surface area (Å²) in [5, 5.41) is 11.5. The van der Waals surface area contributed by atoms with Crippen molar-refractivity contribution >= 4 is 0 Å². The molecule has 1 N–H and O–H groups in total. The largest absolute Gasteiger partial charge is 0.384 e. The molecule has 23 heavy (non-hydrogen) atoms. The van der Waals surface area contributed by atoms with E-state index >= 15 is 0 Å². The topological polar surface area (TPSA) is 49.3 Å². The van der Waals surface area contributed by atoms with E-state index in [0.717, 1.165) is 43.7 Å². The van der Waals surface area contributed by atoms with Crippen LogP contribution in [0.5, 0.6) is 0 Å². The van der Waals surface area contributed by atoms with Gasteiger partial charge in [0.25, 0.3) is 0 Å². The Hall–Kier alpha value is -1.78. The molecule has 4 nitrogen and oxygen atoms in total. The lowest BCUT2D eigenvalue weighted by Crippen LogP contribution is -2.57. The Labute approximate surface area is 137 Å². The van der Waals surface area contributed by atoms with Crippen molar-refractivity contribution in [1.29, 1.82) is 0 Å². The third-order valence-electron chi connectivity index (χ3n) is 5.54. The summed E-state index contributed by atoms with van der Waals surface area (Å²) in [6.07, 6.45) is 8.86. The van der Waals surface area contributed by atoms with Crippen LogP contribution in [0.15, 0.2) is 48.9 Å². The normalized spacial score (nSPS) is 31.0. The van der Waals surface area contributed by atoms with Gasteiger partial charge in [0.2, 0.25) is 0 Å². The minimum atomic E-state index is -0.715. The molecule has 3 heterocycles. The number of hydrogen-bond donors (Lipinski definition) is 1. The molecule has 1 saturated heterocycles. The number of piperidine rings is 1. The molecule has 1 aliphatic heterocycles. The molecule has 4 rings (SSSR count). The number of likely N-dealkylation sites (tertiary alicyclic amines) is 1. The van der Waals surface area contributed by atoms with Gasteiger partial charge in [0.1, 0.15) is 0 Å². The van der Waals surface area contributed by atoms with Crippen molar-refractivity contribution in [2.24, 2.45) is 11.8 Å². The predicted molar refractivity (Wildman–Crippen MR) is 88.5 cm³/mol. The third-order valence-corrected chi connectivity index (χ3v) is 5.54. The second-order valence-electron chi connectivity index (χ2n) is 6.91. The maximum atomic E-state index is 11.5. The molecule has 0 unspecified atom stereocenters. The summed E-state index contributed by atoms with van der Waals surface area (Å²) in [6, 6.07) is 10.0. The molecule has 1 saturated carbocycles. The monoisotopic (exact) mass is 309 g/mol. The minimum Gasteiger partial charge on any atom is -0.384 e. The average Bonchev–Trinajstić information content (AvgIpc) is 2.58. The molecule has 2 aromatic heterocycles. The Bertz CT molecular complexity index is 632. The van der Waals surface area contributed by atoms with Gasteiger partial charge in [0.05, 0.1) is 11.3 Å². The maximum absolute atomic E-state index is 11.5. The SMILES string of the molecule is OC1(c2cccnc2)[C@H]2CCC[C@H]1CN(Cc1ccccn1)C2. The van der Waals surface area contributed by atoms with Crippen molar-refractivity contribution in [2.75, 3.05) is 13.1 Å². The molecule has 2 aromatic rings. The van der Waals surface area contributed by atoms with E-state index in [2.05, 4.69) is 20.9 Å². The van der Waals surface area contributed by atoms with Crippen LogP contribution in [0.4, 0.5) is 0 Å². The van der Waals surface area contributed by atoms with Crippen molar-refractivity contribution in [2.45, 2.75) is 31.4 Å². The van der Waals surface area contributed by atoms with Gasteiger partial charge in [-0.2, -0.15) is 0 Å². The lowest BCUT2D eigenvalue weighted by molar-refractivity contribution is -0.148. The second-order valence-corrected chi connectivity index (χ2v) is 6.91. The van der Waals surface area contributed by atoms with Gasteiger partial charge < -0.3 is 5.11 Å². The van der Waals surface area contributed by atoms with Gasteiger partial charge in [0.15, 0.2) is 0 Å². The fourth-order valence-corrected chi connectivity index (χ4v) is 4.46. The van der Waals surface area contributed by atoms with E-state index in [1.54, 1.807) is 6.20 Å². The summed E-state index contributed by atoms with van der Waals surface area (Å²) in [4.78, 5) is 11.1. The number of pyridine rings is 2. The molecule has 2 atom stereocenters. The van der Waals surface area contributed by atoms with Gasteiger partial charge in [-0.25, -0.2) is 0 Å². The molecule has 120 valence electrons. The molecule has 2 fully saturated rings. The Morgan fingerprint density at radius 3 is 2.57 bits per heavy atom. The van der Waals surface area contributed by atoms with Crippen molar-refractivity contribution in [3.05, 3.63) is 60.2 Å². The maximum Gasteiger partial charge on any atom is 0.0991 e. The van der Waals surface area contributed by atoms with Crippen LogP contribution in [0.3, 0.4) is 0 Å². The highest BCUT2D eigenvalue weighted by atomic mass is 16.3. The summed E-state index contributed by atoms with van der Waals surface area (Å²) in [5.41, 5.74) is 1.39. The molecular weight excluding hydrogens is 286 g/mol. The zero-order valence-electron chi connectivity index (χ0n) is 13.3. The van der Waals surface area contributed by atoms with Crippen LogP contribution in [0.2, 0.25) is 0 Å². The first-order valence-corrected chi connectivity index (χ1v) is 8.52. The number of fused-ring (bicyclic) bond motifs is 2. The van der Waals surface area contributed by atoms with Gasteiger partial charge in [-0.15, -0.1) is 0 Å². The van der Waals surface area contributed by atoms with E-state index in [9.17, 15) is 5.11 Å². The Kier molecular flexibility index (Phi) is 3.87. The number of nitrogens with zero attached hydrogens (tertiary/aromatic N) is 3. The van der Waals surface area contributed by atoms with Crippen LogP contribution < -0.4 is 0 Å². The lowest BCUT2D eigenvalue weighted by Gasteiger charge is -2.53.